The molecule has 2 aliphatic heterocycles. The molecule has 1 N–H and O–H groups in total. The average Bonchev–Trinajstić information content (AvgIpc) is 3.71. The first kappa shape index (κ1) is 35.9. The lowest BCUT2D eigenvalue weighted by Gasteiger charge is -2.45. The second kappa shape index (κ2) is 14.5. The van der Waals surface area contributed by atoms with Gasteiger partial charge >= 0.3 is 0 Å². The summed E-state index contributed by atoms with van der Waals surface area (Å²) in [6.07, 6.45) is 2.88. The smallest absolute Gasteiger partial charge is 0.282 e. The van der Waals surface area contributed by atoms with Crippen molar-refractivity contribution in [2.75, 3.05) is 39.5 Å². The molecule has 1 fully saturated rings. The van der Waals surface area contributed by atoms with Gasteiger partial charge < -0.3 is 14.1 Å². The van der Waals surface area contributed by atoms with Crippen LogP contribution in [0.5, 0.6) is 5.06 Å². The van der Waals surface area contributed by atoms with Gasteiger partial charge in [0.25, 0.3) is 14.2 Å². The number of aromatic nitrogens is 2. The maximum absolute atomic E-state index is 16.7. The van der Waals surface area contributed by atoms with E-state index in [0.29, 0.717) is 22.9 Å². The third kappa shape index (κ3) is 7.15. The van der Waals surface area contributed by atoms with E-state index in [0.717, 1.165) is 52.2 Å². The Morgan fingerprint density at radius 2 is 1.59 bits per heavy atom. The van der Waals surface area contributed by atoms with Crippen molar-refractivity contribution in [3.05, 3.63) is 107 Å². The number of nitrogens with zero attached hydrogens (tertiary/aromatic N) is 3. The number of halogens is 3. The lowest BCUT2D eigenvalue weighted by Crippen LogP contribution is -2.67. The molecule has 0 unspecified atom stereocenters. The predicted molar refractivity (Wildman–Crippen MR) is 202 cm³/mol. The minimum atomic E-state index is -3.18. The number of thiazole rings is 1. The van der Waals surface area contributed by atoms with E-state index >= 15 is 8.78 Å². The van der Waals surface area contributed by atoms with Crippen LogP contribution < -0.4 is 15.1 Å². The highest BCUT2D eigenvalue weighted by Gasteiger charge is 2.52. The quantitative estimate of drug-likeness (QED) is 0.127. The number of hydrogen-bond donors (Lipinski definition) is 1. The molecule has 4 heterocycles. The van der Waals surface area contributed by atoms with Crippen molar-refractivity contribution in [3.63, 3.8) is 0 Å². The van der Waals surface area contributed by atoms with Crippen LogP contribution in [-0.2, 0) is 10.8 Å². The van der Waals surface area contributed by atoms with Gasteiger partial charge in [0, 0.05) is 42.3 Å². The van der Waals surface area contributed by atoms with Crippen molar-refractivity contribution in [1.82, 2.24) is 19.8 Å². The zero-order valence-corrected chi connectivity index (χ0v) is 31.6. The molecule has 0 radical (unpaired) electrons. The van der Waals surface area contributed by atoms with Crippen LogP contribution in [0, 0.1) is 0 Å². The molecule has 5 aromatic rings. The zero-order chi connectivity index (χ0) is 35.8. The number of para-hydroxylation sites is 1. The van der Waals surface area contributed by atoms with Crippen molar-refractivity contribution in [2.24, 2.45) is 0 Å². The number of nitrogens with one attached hydrogen (secondary N) is 1. The number of H-pyrrole nitrogens is 1. The Kier molecular flexibility index (Phi) is 10.2. The molecule has 0 spiro atoms. The first-order valence-electron chi connectivity index (χ1n) is 17.9. The highest BCUT2D eigenvalue weighted by Crippen LogP contribution is 2.45. The van der Waals surface area contributed by atoms with Crippen LogP contribution in [-0.4, -0.2) is 85.6 Å². The zero-order valence-electron chi connectivity index (χ0n) is 29.7. The molecule has 1 saturated heterocycles. The largest absolute Gasteiger partial charge is 0.477 e. The molecule has 0 amide bonds. The van der Waals surface area contributed by atoms with E-state index < -0.39 is 38.5 Å². The summed E-state index contributed by atoms with van der Waals surface area (Å²) in [5.74, 6) is -3.17. The minimum absolute atomic E-state index is 0.00546. The van der Waals surface area contributed by atoms with Gasteiger partial charge in [-0.25, -0.2) is 13.8 Å². The Bertz CT molecular complexity index is 1870. The van der Waals surface area contributed by atoms with E-state index in [2.05, 4.69) is 36.7 Å². The molecule has 270 valence electrons. The average molecular weight is 733 g/mol. The lowest BCUT2D eigenvalue weighted by molar-refractivity contribution is -0.0820. The molecule has 11 heteroatoms. The van der Waals surface area contributed by atoms with Crippen LogP contribution in [0.25, 0.3) is 10.9 Å². The molecule has 0 bridgehead atoms. The van der Waals surface area contributed by atoms with Crippen molar-refractivity contribution >= 4 is 40.9 Å². The Morgan fingerprint density at radius 1 is 0.941 bits per heavy atom. The molecular weight excluding hydrogens is 686 g/mol. The van der Waals surface area contributed by atoms with E-state index in [-0.39, 0.29) is 18.8 Å². The summed E-state index contributed by atoms with van der Waals surface area (Å²) in [4.78, 5) is 12.5. The topological polar surface area (TPSA) is 53.6 Å². The van der Waals surface area contributed by atoms with E-state index in [4.69, 9.17) is 14.1 Å². The van der Waals surface area contributed by atoms with Crippen LogP contribution in [0.4, 0.5) is 13.2 Å². The third-order valence-corrected chi connectivity index (χ3v) is 16.3. The van der Waals surface area contributed by atoms with Crippen LogP contribution in [0.3, 0.4) is 0 Å². The molecule has 7 rings (SSSR count). The fraction of sp³-hybridized carbons (Fsp3) is 0.425. The van der Waals surface area contributed by atoms with E-state index in [1.807, 2.05) is 90.7 Å². The van der Waals surface area contributed by atoms with Gasteiger partial charge in [-0.3, -0.25) is 14.2 Å². The van der Waals surface area contributed by atoms with Gasteiger partial charge in [0.1, 0.15) is 17.2 Å². The van der Waals surface area contributed by atoms with Gasteiger partial charge in [-0.05, 0) is 46.8 Å². The first-order valence-corrected chi connectivity index (χ1v) is 20.6. The minimum Gasteiger partial charge on any atom is -0.477 e. The number of rotatable bonds is 13. The van der Waals surface area contributed by atoms with Gasteiger partial charge in [0.05, 0.1) is 26.0 Å². The van der Waals surface area contributed by atoms with Gasteiger partial charge in [-0.2, -0.15) is 0 Å². The maximum atomic E-state index is 16.7. The summed E-state index contributed by atoms with van der Waals surface area (Å²) in [6.45, 7) is 9.01. The van der Waals surface area contributed by atoms with Crippen LogP contribution in [0.1, 0.15) is 56.4 Å². The predicted octanol–water partition coefficient (Wildman–Crippen LogP) is 7.59. The number of fused-ring (bicyclic) bond motifs is 3. The van der Waals surface area contributed by atoms with Gasteiger partial charge in [0.15, 0.2) is 5.06 Å². The third-order valence-electron chi connectivity index (χ3n) is 10.4. The van der Waals surface area contributed by atoms with Crippen molar-refractivity contribution < 1.29 is 22.3 Å². The molecule has 2 atom stereocenters. The monoisotopic (exact) mass is 732 g/mol. The van der Waals surface area contributed by atoms with Crippen LogP contribution in [0.15, 0.2) is 91.1 Å². The lowest BCUT2D eigenvalue weighted by atomic mass is 9.92. The fourth-order valence-electron chi connectivity index (χ4n) is 7.99. The summed E-state index contributed by atoms with van der Waals surface area (Å²) < 4.78 is 59.1. The maximum Gasteiger partial charge on any atom is 0.282 e. The molecule has 3 aromatic carbocycles. The van der Waals surface area contributed by atoms with Crippen molar-refractivity contribution in [1.29, 1.82) is 0 Å². The number of aromatic amines is 1. The van der Waals surface area contributed by atoms with Gasteiger partial charge in [0.2, 0.25) is 0 Å². The van der Waals surface area contributed by atoms with Gasteiger partial charge in [-0.15, -0.1) is 0 Å². The normalized spacial score (nSPS) is 19.3. The SMILES string of the molecule is C[C@@H]1Cc2c([nH]c3ccccc23)[C@@H](c2ncc(OC3CN(CCCF)C3)s2)N1CC(F)(F)CO[Si](c1ccccc1)(c1ccccc1)C(C)(C)C. The molecule has 0 saturated carbocycles. The molecular formula is C40H47F3N4O2SSi. The van der Waals surface area contributed by atoms with Crippen molar-refractivity contribution in [2.45, 2.75) is 69.7 Å². The second-order valence-electron chi connectivity index (χ2n) is 15.1. The number of alkyl halides is 3. The first-order chi connectivity index (χ1) is 24.5. The highest BCUT2D eigenvalue weighted by atomic mass is 32.1. The number of ether oxygens (including phenoxy) is 1. The number of benzene rings is 3. The molecule has 2 aliphatic rings. The number of likely N-dealkylation sites (tertiary alicyclic amines) is 1. The van der Waals surface area contributed by atoms with E-state index in [1.54, 1.807) is 6.20 Å². The Balaban J connectivity index is 1.19. The van der Waals surface area contributed by atoms with E-state index in [1.165, 1.54) is 11.3 Å². The summed E-state index contributed by atoms with van der Waals surface area (Å²) in [5.41, 5.74) is 3.03. The summed E-state index contributed by atoms with van der Waals surface area (Å²) >= 11 is 1.41. The molecule has 0 aliphatic carbocycles. The Morgan fingerprint density at radius 3 is 2.24 bits per heavy atom. The second-order valence-corrected chi connectivity index (χ2v) is 20.4. The Labute approximate surface area is 303 Å². The van der Waals surface area contributed by atoms with Gasteiger partial charge in [-0.1, -0.05) is 111 Å². The van der Waals surface area contributed by atoms with Crippen LogP contribution in [0.2, 0.25) is 5.04 Å². The summed E-state index contributed by atoms with van der Waals surface area (Å²) in [6, 6.07) is 27.3. The molecule has 51 heavy (non-hydrogen) atoms. The fourth-order valence-corrected chi connectivity index (χ4v) is 13.5. The number of hydrogen-bond acceptors (Lipinski definition) is 6. The summed E-state index contributed by atoms with van der Waals surface area (Å²) in [5, 5.41) is 4.01. The van der Waals surface area contributed by atoms with Crippen LogP contribution >= 0.6 is 11.3 Å². The van der Waals surface area contributed by atoms with E-state index in [9.17, 15) is 4.39 Å². The standard InChI is InChI=1S/C40H47F3N4O2SSi/c1-28-22-33-32-18-11-12-19-34(32)45-36(33)37(38-44-23-35(50-38)49-29-24-46(25-29)21-13-20-41)47(28)26-40(42,43)27-48-51(39(2,3)4,30-14-7-5-8-15-30)31-16-9-6-10-17-31/h5-12,14-19,23,28-29,37,45H,13,20-22,24-27H2,1-4H3/t28-,37+/m1/s1. The Hall–Kier alpha value is -3.48. The molecule has 2 aromatic heterocycles. The van der Waals surface area contributed by atoms with Crippen molar-refractivity contribution in [3.8, 4) is 5.06 Å². The molecule has 6 nitrogen and oxygen atoms in total. The summed E-state index contributed by atoms with van der Waals surface area (Å²) in [7, 11) is -3.18. The highest BCUT2D eigenvalue weighted by molar-refractivity contribution is 7.13.